The second-order valence-corrected chi connectivity index (χ2v) is 3.71. The predicted molar refractivity (Wildman–Crippen MR) is 58.0 cm³/mol. The number of nitrogens with one attached hydrogen (secondary N) is 1. The van der Waals surface area contributed by atoms with Gasteiger partial charge in [-0.05, 0) is 13.3 Å². The molecule has 0 amide bonds. The van der Waals surface area contributed by atoms with E-state index in [0.29, 0.717) is 0 Å². The number of rotatable bonds is 4. The molecule has 1 fully saturated rings. The maximum Gasteiger partial charge on any atom is 0.0224 e. The first-order valence-electron chi connectivity index (χ1n) is 5.44. The standard InChI is InChI=1S/C11H22N2/c1-3-5-8-13-9-7-12-10-11(13)6-4-2/h3,5,11-12H,4,6-10H2,1-2H3/b5-3+. The highest BCUT2D eigenvalue weighted by atomic mass is 15.2. The van der Waals surface area contributed by atoms with Crippen LogP contribution in [0.5, 0.6) is 0 Å². The van der Waals surface area contributed by atoms with Gasteiger partial charge >= 0.3 is 0 Å². The Labute approximate surface area is 82.0 Å². The van der Waals surface area contributed by atoms with Gasteiger partial charge in [0.1, 0.15) is 0 Å². The van der Waals surface area contributed by atoms with Gasteiger partial charge in [0.2, 0.25) is 0 Å². The zero-order chi connectivity index (χ0) is 9.52. The molecule has 13 heavy (non-hydrogen) atoms. The summed E-state index contributed by atoms with van der Waals surface area (Å²) in [5.41, 5.74) is 0. The Morgan fingerprint density at radius 1 is 1.54 bits per heavy atom. The van der Waals surface area contributed by atoms with E-state index in [4.69, 9.17) is 0 Å². The van der Waals surface area contributed by atoms with Crippen molar-refractivity contribution in [2.24, 2.45) is 0 Å². The maximum absolute atomic E-state index is 3.46. The van der Waals surface area contributed by atoms with E-state index in [1.165, 1.54) is 25.9 Å². The minimum absolute atomic E-state index is 0.759. The monoisotopic (exact) mass is 182 g/mol. The highest BCUT2D eigenvalue weighted by Crippen LogP contribution is 2.08. The number of piperazine rings is 1. The number of allylic oxidation sites excluding steroid dienone is 1. The van der Waals surface area contributed by atoms with Gasteiger partial charge in [-0.3, -0.25) is 4.90 Å². The van der Waals surface area contributed by atoms with E-state index in [-0.39, 0.29) is 0 Å². The summed E-state index contributed by atoms with van der Waals surface area (Å²) in [5, 5.41) is 3.46. The molecule has 1 saturated heterocycles. The van der Waals surface area contributed by atoms with Crippen molar-refractivity contribution in [3.63, 3.8) is 0 Å². The molecule has 1 heterocycles. The Morgan fingerprint density at radius 2 is 2.38 bits per heavy atom. The Balaban J connectivity index is 2.36. The van der Waals surface area contributed by atoms with Gasteiger partial charge in [0.05, 0.1) is 0 Å². The molecule has 0 aliphatic carbocycles. The lowest BCUT2D eigenvalue weighted by Crippen LogP contribution is -2.51. The van der Waals surface area contributed by atoms with E-state index in [2.05, 4.69) is 36.2 Å². The van der Waals surface area contributed by atoms with Crippen molar-refractivity contribution < 1.29 is 0 Å². The van der Waals surface area contributed by atoms with E-state index in [9.17, 15) is 0 Å². The van der Waals surface area contributed by atoms with Gasteiger partial charge in [-0.15, -0.1) is 0 Å². The van der Waals surface area contributed by atoms with Crippen LogP contribution >= 0.6 is 0 Å². The topological polar surface area (TPSA) is 15.3 Å². The molecular formula is C11H22N2. The van der Waals surface area contributed by atoms with Crippen molar-refractivity contribution >= 4 is 0 Å². The summed E-state index contributed by atoms with van der Waals surface area (Å²) in [6, 6.07) is 0.759. The molecule has 0 saturated carbocycles. The number of hydrogen-bond acceptors (Lipinski definition) is 2. The van der Waals surface area contributed by atoms with E-state index in [0.717, 1.165) is 19.1 Å². The molecule has 0 radical (unpaired) electrons. The van der Waals surface area contributed by atoms with Crippen LogP contribution in [0, 0.1) is 0 Å². The Kier molecular flexibility index (Phi) is 5.09. The lowest BCUT2D eigenvalue weighted by molar-refractivity contribution is 0.169. The zero-order valence-electron chi connectivity index (χ0n) is 8.92. The molecule has 1 atom stereocenters. The van der Waals surface area contributed by atoms with E-state index >= 15 is 0 Å². The van der Waals surface area contributed by atoms with Crippen LogP contribution in [-0.2, 0) is 0 Å². The molecule has 2 nitrogen and oxygen atoms in total. The first kappa shape index (κ1) is 10.7. The molecule has 0 aromatic heterocycles. The van der Waals surface area contributed by atoms with Crippen molar-refractivity contribution in [1.82, 2.24) is 10.2 Å². The van der Waals surface area contributed by atoms with Crippen LogP contribution < -0.4 is 5.32 Å². The smallest absolute Gasteiger partial charge is 0.0224 e. The third kappa shape index (κ3) is 3.49. The summed E-state index contributed by atoms with van der Waals surface area (Å²) in [6.07, 6.45) is 7.02. The highest BCUT2D eigenvalue weighted by Gasteiger charge is 2.19. The van der Waals surface area contributed by atoms with Crippen LogP contribution in [-0.4, -0.2) is 37.1 Å². The van der Waals surface area contributed by atoms with Gasteiger partial charge in [0.25, 0.3) is 0 Å². The van der Waals surface area contributed by atoms with Crippen LogP contribution in [0.2, 0.25) is 0 Å². The van der Waals surface area contributed by atoms with Gasteiger partial charge in [0.15, 0.2) is 0 Å². The maximum atomic E-state index is 3.46. The summed E-state index contributed by atoms with van der Waals surface area (Å²) in [6.45, 7) is 9.01. The van der Waals surface area contributed by atoms with Crippen LogP contribution in [0.15, 0.2) is 12.2 Å². The number of nitrogens with zero attached hydrogens (tertiary/aromatic N) is 1. The van der Waals surface area contributed by atoms with Crippen molar-refractivity contribution in [3.05, 3.63) is 12.2 Å². The van der Waals surface area contributed by atoms with Gasteiger partial charge < -0.3 is 5.32 Å². The van der Waals surface area contributed by atoms with Gasteiger partial charge in [-0.2, -0.15) is 0 Å². The molecule has 1 aliphatic rings. The van der Waals surface area contributed by atoms with Gasteiger partial charge in [-0.1, -0.05) is 25.5 Å². The van der Waals surface area contributed by atoms with Crippen molar-refractivity contribution in [3.8, 4) is 0 Å². The average Bonchev–Trinajstić information content (AvgIpc) is 2.17. The van der Waals surface area contributed by atoms with Gasteiger partial charge in [0, 0.05) is 32.2 Å². The van der Waals surface area contributed by atoms with E-state index in [1.54, 1.807) is 0 Å². The quantitative estimate of drug-likeness (QED) is 0.665. The van der Waals surface area contributed by atoms with Crippen molar-refractivity contribution in [1.29, 1.82) is 0 Å². The fourth-order valence-corrected chi connectivity index (χ4v) is 1.90. The molecule has 0 bridgehead atoms. The molecule has 76 valence electrons. The molecule has 0 aromatic rings. The Morgan fingerprint density at radius 3 is 3.08 bits per heavy atom. The first-order valence-corrected chi connectivity index (χ1v) is 5.44. The summed E-state index contributed by atoms with van der Waals surface area (Å²) in [5.74, 6) is 0. The fourth-order valence-electron chi connectivity index (χ4n) is 1.90. The van der Waals surface area contributed by atoms with Crippen LogP contribution in [0.3, 0.4) is 0 Å². The summed E-state index contributed by atoms with van der Waals surface area (Å²) >= 11 is 0. The fraction of sp³-hybridized carbons (Fsp3) is 0.818. The molecule has 0 aromatic carbocycles. The summed E-state index contributed by atoms with van der Waals surface area (Å²) < 4.78 is 0. The minimum atomic E-state index is 0.759. The molecule has 0 spiro atoms. The van der Waals surface area contributed by atoms with Crippen LogP contribution in [0.4, 0.5) is 0 Å². The van der Waals surface area contributed by atoms with Crippen molar-refractivity contribution in [2.45, 2.75) is 32.7 Å². The molecule has 1 N–H and O–H groups in total. The van der Waals surface area contributed by atoms with E-state index < -0.39 is 0 Å². The average molecular weight is 182 g/mol. The largest absolute Gasteiger partial charge is 0.314 e. The molecular weight excluding hydrogens is 160 g/mol. The third-order valence-corrected chi connectivity index (χ3v) is 2.67. The SMILES string of the molecule is C/C=C/CN1CCNCC1CCC. The first-order chi connectivity index (χ1) is 6.38. The minimum Gasteiger partial charge on any atom is -0.314 e. The molecule has 1 aliphatic heterocycles. The lowest BCUT2D eigenvalue weighted by Gasteiger charge is -2.35. The van der Waals surface area contributed by atoms with Crippen LogP contribution in [0.25, 0.3) is 0 Å². The Hall–Kier alpha value is -0.340. The predicted octanol–water partition coefficient (Wildman–Crippen LogP) is 1.64. The zero-order valence-corrected chi connectivity index (χ0v) is 8.92. The summed E-state index contributed by atoms with van der Waals surface area (Å²) in [4.78, 5) is 2.58. The number of hydrogen-bond donors (Lipinski definition) is 1. The molecule has 1 unspecified atom stereocenters. The molecule has 2 heteroatoms. The second kappa shape index (κ2) is 6.17. The lowest BCUT2D eigenvalue weighted by atomic mass is 10.1. The summed E-state index contributed by atoms with van der Waals surface area (Å²) in [7, 11) is 0. The molecule has 1 rings (SSSR count). The van der Waals surface area contributed by atoms with Crippen LogP contribution in [0.1, 0.15) is 26.7 Å². The second-order valence-electron chi connectivity index (χ2n) is 3.71. The normalized spacial score (nSPS) is 25.5. The van der Waals surface area contributed by atoms with Crippen molar-refractivity contribution in [2.75, 3.05) is 26.2 Å². The highest BCUT2D eigenvalue weighted by molar-refractivity contribution is 4.87. The van der Waals surface area contributed by atoms with E-state index in [1.807, 2.05) is 0 Å². The third-order valence-electron chi connectivity index (χ3n) is 2.67. The van der Waals surface area contributed by atoms with Gasteiger partial charge in [-0.25, -0.2) is 0 Å². The Bertz CT molecular complexity index is 152.